The first-order chi connectivity index (χ1) is 27.1. The largest absolute Gasteiger partial charge is 0.467 e. The Bertz CT molecular complexity index is 1640. The Hall–Kier alpha value is -5.40. The number of carbonyl (C=O) groups is 6. The van der Waals surface area contributed by atoms with Gasteiger partial charge in [-0.05, 0) is 83.3 Å². The number of rotatable bonds is 19. The molecule has 0 aliphatic carbocycles. The Morgan fingerprint density at radius 3 is 2.12 bits per heavy atom. The van der Waals surface area contributed by atoms with Gasteiger partial charge >= 0.3 is 18.2 Å². The highest BCUT2D eigenvalue weighted by Gasteiger charge is 2.38. The normalized spacial score (nSPS) is 16.2. The van der Waals surface area contributed by atoms with Gasteiger partial charge < -0.3 is 40.4 Å². The molecular formula is C43H61N5O9. The molecule has 57 heavy (non-hydrogen) atoms. The van der Waals surface area contributed by atoms with Crippen LogP contribution in [-0.2, 0) is 46.4 Å². The number of alkyl carbamates (subject to hydrolysis) is 2. The van der Waals surface area contributed by atoms with Gasteiger partial charge in [0.05, 0.1) is 19.1 Å². The molecule has 1 aliphatic rings. The van der Waals surface area contributed by atoms with E-state index in [-0.39, 0.29) is 31.4 Å². The highest BCUT2D eigenvalue weighted by Crippen LogP contribution is 2.24. The molecule has 312 valence electrons. The predicted octanol–water partition coefficient (Wildman–Crippen LogP) is 5.20. The van der Waals surface area contributed by atoms with Crippen molar-refractivity contribution >= 4 is 35.9 Å². The zero-order chi connectivity index (χ0) is 42.0. The Morgan fingerprint density at radius 1 is 0.860 bits per heavy atom. The highest BCUT2D eigenvalue weighted by atomic mass is 16.6. The lowest BCUT2D eigenvalue weighted by atomic mass is 9.95. The van der Waals surface area contributed by atoms with E-state index >= 15 is 0 Å². The van der Waals surface area contributed by atoms with Crippen LogP contribution in [0.3, 0.4) is 0 Å². The minimum Gasteiger partial charge on any atom is -0.467 e. The molecule has 1 heterocycles. The predicted molar refractivity (Wildman–Crippen MR) is 216 cm³/mol. The summed E-state index contributed by atoms with van der Waals surface area (Å²) in [7, 11) is 1.21. The van der Waals surface area contributed by atoms with Crippen LogP contribution in [0.25, 0.3) is 0 Å². The summed E-state index contributed by atoms with van der Waals surface area (Å²) in [6.45, 7) is 11.6. The van der Waals surface area contributed by atoms with E-state index in [9.17, 15) is 28.8 Å². The lowest BCUT2D eigenvalue weighted by Gasteiger charge is -2.29. The van der Waals surface area contributed by atoms with E-state index in [0.29, 0.717) is 38.6 Å². The van der Waals surface area contributed by atoms with Gasteiger partial charge in [0.2, 0.25) is 17.7 Å². The zero-order valence-electron chi connectivity index (χ0n) is 34.4. The third kappa shape index (κ3) is 16.7. The van der Waals surface area contributed by atoms with Crippen molar-refractivity contribution in [2.75, 3.05) is 20.2 Å². The number of amides is 5. The van der Waals surface area contributed by atoms with Crippen molar-refractivity contribution in [1.29, 1.82) is 0 Å². The van der Waals surface area contributed by atoms with Gasteiger partial charge in [-0.3, -0.25) is 14.4 Å². The van der Waals surface area contributed by atoms with Crippen LogP contribution in [0.4, 0.5) is 9.59 Å². The molecule has 1 fully saturated rings. The summed E-state index contributed by atoms with van der Waals surface area (Å²) in [5, 5.41) is 10.9. The van der Waals surface area contributed by atoms with Gasteiger partial charge in [-0.15, -0.1) is 0 Å². The second kappa shape index (κ2) is 23.0. The maximum atomic E-state index is 14.3. The minimum atomic E-state index is -1.04. The number of nitrogens with one attached hydrogen (secondary N) is 4. The molecule has 4 N–H and O–H groups in total. The number of methoxy groups -OCH3 is 1. The molecule has 1 aliphatic heterocycles. The van der Waals surface area contributed by atoms with Crippen LogP contribution in [0.5, 0.6) is 0 Å². The molecule has 2 aromatic carbocycles. The van der Waals surface area contributed by atoms with Gasteiger partial charge in [-0.1, -0.05) is 86.7 Å². The molecular weight excluding hydrogens is 730 g/mol. The quantitative estimate of drug-likeness (QED) is 0.0644. The Labute approximate surface area is 336 Å². The summed E-state index contributed by atoms with van der Waals surface area (Å²) in [5.41, 5.74) is 1.11. The standard InChI is InChI=1S/C43H61N5O9/c1-29(2)26-34(46-42(54)57-43(4,5)6)23-22-33(27-31-16-10-8-11-17-31)39(51)48-25-15-21-36(48)38(50)45-30(3)37(49)47-35(40(52)55-7)20-14-24-44-41(53)56-28-32-18-12-9-13-19-32/h8-13,16-19,22-23,29-30,33-36H,14-15,20-21,24-28H2,1-7H3,(H,44,53)(H,45,50)(H,46,54)(H,47,49)/b23-22+/t30-,33+,34+,35-,36-/m0/s1. The van der Waals surface area contributed by atoms with E-state index in [0.717, 1.165) is 11.1 Å². The van der Waals surface area contributed by atoms with Crippen LogP contribution >= 0.6 is 0 Å². The second-order valence-corrected chi connectivity index (χ2v) is 15.7. The maximum Gasteiger partial charge on any atom is 0.408 e. The molecule has 0 spiro atoms. The van der Waals surface area contributed by atoms with Crippen LogP contribution < -0.4 is 21.3 Å². The molecule has 14 nitrogen and oxygen atoms in total. The molecule has 5 atom stereocenters. The molecule has 2 aromatic rings. The van der Waals surface area contributed by atoms with E-state index in [2.05, 4.69) is 21.3 Å². The van der Waals surface area contributed by atoms with Crippen molar-refractivity contribution in [3.8, 4) is 0 Å². The smallest absolute Gasteiger partial charge is 0.408 e. The number of benzene rings is 2. The number of hydrogen-bond donors (Lipinski definition) is 4. The molecule has 0 aromatic heterocycles. The van der Waals surface area contributed by atoms with Gasteiger partial charge in [0.25, 0.3) is 0 Å². The first kappa shape index (κ1) is 46.0. The SMILES string of the molecule is COC(=O)[C@H](CCCNC(=O)OCc1ccccc1)NC(=O)[C@H](C)NC(=O)[C@@H]1CCCN1C(=O)[C@H](/C=C/[C@H](CC(C)C)NC(=O)OC(C)(C)C)Cc1ccccc1. The molecule has 3 rings (SSSR count). The maximum absolute atomic E-state index is 14.3. The van der Waals surface area contributed by atoms with E-state index in [1.807, 2.05) is 80.6 Å². The van der Waals surface area contributed by atoms with E-state index < -0.39 is 65.7 Å². The number of nitrogens with zero attached hydrogens (tertiary/aromatic N) is 1. The summed E-state index contributed by atoms with van der Waals surface area (Å²) in [6, 6.07) is 15.5. The summed E-state index contributed by atoms with van der Waals surface area (Å²) in [6.07, 6.45) is 4.96. The van der Waals surface area contributed by atoms with Gasteiger partial charge in [0.15, 0.2) is 0 Å². The fourth-order valence-electron chi connectivity index (χ4n) is 6.38. The summed E-state index contributed by atoms with van der Waals surface area (Å²) >= 11 is 0. The number of esters is 1. The summed E-state index contributed by atoms with van der Waals surface area (Å²) in [5.74, 6) is -2.40. The highest BCUT2D eigenvalue weighted by molar-refractivity contribution is 5.94. The monoisotopic (exact) mass is 791 g/mol. The van der Waals surface area contributed by atoms with Crippen LogP contribution in [-0.4, -0.2) is 90.7 Å². The Kier molecular flexibility index (Phi) is 18.5. The fraction of sp³-hybridized carbons (Fsp3) is 0.535. The topological polar surface area (TPSA) is 181 Å². The average Bonchev–Trinajstić information content (AvgIpc) is 3.66. The third-order valence-electron chi connectivity index (χ3n) is 9.16. The fourth-order valence-corrected chi connectivity index (χ4v) is 6.38. The van der Waals surface area contributed by atoms with Crippen molar-refractivity contribution < 1.29 is 43.0 Å². The lowest BCUT2D eigenvalue weighted by Crippen LogP contribution is -2.55. The molecule has 0 radical (unpaired) electrons. The minimum absolute atomic E-state index is 0.114. The number of hydrogen-bond acceptors (Lipinski definition) is 9. The molecule has 5 amide bonds. The Morgan fingerprint density at radius 2 is 1.51 bits per heavy atom. The van der Waals surface area contributed by atoms with E-state index in [4.69, 9.17) is 14.2 Å². The van der Waals surface area contributed by atoms with Gasteiger partial charge in [0, 0.05) is 13.1 Å². The molecule has 0 bridgehead atoms. The van der Waals surface area contributed by atoms with Crippen molar-refractivity contribution in [3.63, 3.8) is 0 Å². The van der Waals surface area contributed by atoms with Crippen molar-refractivity contribution in [2.24, 2.45) is 11.8 Å². The number of likely N-dealkylation sites (tertiary alicyclic amines) is 1. The lowest BCUT2D eigenvalue weighted by molar-refractivity contribution is -0.145. The van der Waals surface area contributed by atoms with Gasteiger partial charge in [-0.25, -0.2) is 14.4 Å². The third-order valence-corrected chi connectivity index (χ3v) is 9.16. The van der Waals surface area contributed by atoms with Crippen molar-refractivity contribution in [1.82, 2.24) is 26.2 Å². The van der Waals surface area contributed by atoms with E-state index in [1.165, 1.54) is 14.0 Å². The molecule has 1 saturated heterocycles. The molecule has 14 heteroatoms. The van der Waals surface area contributed by atoms with Crippen molar-refractivity contribution in [3.05, 3.63) is 83.9 Å². The van der Waals surface area contributed by atoms with Gasteiger partial charge in [-0.2, -0.15) is 0 Å². The zero-order valence-corrected chi connectivity index (χ0v) is 34.4. The first-order valence-corrected chi connectivity index (χ1v) is 19.7. The van der Waals surface area contributed by atoms with E-state index in [1.54, 1.807) is 31.7 Å². The van der Waals surface area contributed by atoms with Crippen LogP contribution in [0.1, 0.15) is 84.8 Å². The van der Waals surface area contributed by atoms with Crippen LogP contribution in [0, 0.1) is 11.8 Å². The molecule has 0 saturated carbocycles. The number of ether oxygens (including phenoxy) is 3. The average molecular weight is 792 g/mol. The van der Waals surface area contributed by atoms with Crippen molar-refractivity contribution in [2.45, 2.75) is 116 Å². The first-order valence-electron chi connectivity index (χ1n) is 19.7. The second-order valence-electron chi connectivity index (χ2n) is 15.7. The van der Waals surface area contributed by atoms with Crippen LogP contribution in [0.15, 0.2) is 72.8 Å². The van der Waals surface area contributed by atoms with Gasteiger partial charge in [0.1, 0.15) is 30.3 Å². The summed E-state index contributed by atoms with van der Waals surface area (Å²) in [4.78, 5) is 80.1. The Balaban J connectivity index is 1.63. The molecule has 0 unspecified atom stereocenters. The summed E-state index contributed by atoms with van der Waals surface area (Å²) < 4.78 is 15.6. The number of carbonyl (C=O) groups excluding carboxylic acids is 6. The van der Waals surface area contributed by atoms with Crippen LogP contribution in [0.2, 0.25) is 0 Å².